The second kappa shape index (κ2) is 9.69. The Kier molecular flexibility index (Phi) is 6.57. The first kappa shape index (κ1) is 20.3. The molecule has 3 N–H and O–H groups in total. The van der Waals surface area contributed by atoms with Gasteiger partial charge in [-0.2, -0.15) is 0 Å². The largest absolute Gasteiger partial charge is 0.508 e. The summed E-state index contributed by atoms with van der Waals surface area (Å²) in [6.45, 7) is 7.13. The predicted octanol–water partition coefficient (Wildman–Crippen LogP) is 3.30. The van der Waals surface area contributed by atoms with Crippen LogP contribution in [-0.4, -0.2) is 52.2 Å². The van der Waals surface area contributed by atoms with Crippen LogP contribution in [0.15, 0.2) is 60.8 Å². The van der Waals surface area contributed by atoms with Gasteiger partial charge in [-0.25, -0.2) is 9.97 Å². The Morgan fingerprint density at radius 1 is 1.13 bits per heavy atom. The van der Waals surface area contributed by atoms with E-state index in [9.17, 15) is 5.11 Å². The Morgan fingerprint density at radius 2 is 2.00 bits per heavy atom. The molecular formula is C24H29N5O. The fourth-order valence-electron chi connectivity index (χ4n) is 3.83. The Hall–Kier alpha value is -2.96. The molecule has 1 unspecified atom stereocenters. The zero-order valence-corrected chi connectivity index (χ0v) is 17.4. The molecule has 0 aliphatic carbocycles. The van der Waals surface area contributed by atoms with Gasteiger partial charge in [-0.15, -0.1) is 0 Å². The number of hydrogen-bond acceptors (Lipinski definition) is 6. The standard InChI is InChI=1S/C24H29N5O/c1-18-16-29(14-13-25-18)17-20-3-2-4-21(15-20)23-10-12-27-24(28-23)26-11-9-19-5-7-22(30)8-6-19/h2-8,10,12,15,18,25,30H,9,11,13-14,16-17H2,1H3,(H,26,27,28). The number of nitrogens with one attached hydrogen (secondary N) is 2. The molecule has 0 amide bonds. The first-order chi connectivity index (χ1) is 14.7. The van der Waals surface area contributed by atoms with Crippen molar-refractivity contribution in [1.82, 2.24) is 20.2 Å². The van der Waals surface area contributed by atoms with E-state index in [1.807, 2.05) is 18.2 Å². The van der Waals surface area contributed by atoms with Crippen LogP contribution in [0.4, 0.5) is 5.95 Å². The van der Waals surface area contributed by atoms with E-state index >= 15 is 0 Å². The van der Waals surface area contributed by atoms with Crippen molar-refractivity contribution in [2.24, 2.45) is 0 Å². The van der Waals surface area contributed by atoms with Crippen LogP contribution in [0, 0.1) is 0 Å². The molecule has 0 bridgehead atoms. The van der Waals surface area contributed by atoms with E-state index < -0.39 is 0 Å². The first-order valence-electron chi connectivity index (χ1n) is 10.6. The fraction of sp³-hybridized carbons (Fsp3) is 0.333. The number of anilines is 1. The highest BCUT2D eigenvalue weighted by Crippen LogP contribution is 2.20. The fourth-order valence-corrected chi connectivity index (χ4v) is 3.83. The Bertz CT molecular complexity index is 960. The minimum atomic E-state index is 0.288. The van der Waals surface area contributed by atoms with Crippen LogP contribution in [0.25, 0.3) is 11.3 Å². The number of aromatic hydroxyl groups is 1. The molecule has 1 fully saturated rings. The molecule has 0 spiro atoms. The molecule has 30 heavy (non-hydrogen) atoms. The third-order valence-corrected chi connectivity index (χ3v) is 5.37. The van der Waals surface area contributed by atoms with Gasteiger partial charge in [-0.1, -0.05) is 30.3 Å². The molecule has 3 aromatic rings. The molecule has 1 aromatic heterocycles. The summed E-state index contributed by atoms with van der Waals surface area (Å²) < 4.78 is 0. The van der Waals surface area contributed by atoms with Crippen LogP contribution < -0.4 is 10.6 Å². The lowest BCUT2D eigenvalue weighted by Gasteiger charge is -2.31. The number of benzene rings is 2. The molecule has 4 rings (SSSR count). The van der Waals surface area contributed by atoms with E-state index in [2.05, 4.69) is 51.7 Å². The zero-order chi connectivity index (χ0) is 20.8. The SMILES string of the molecule is CC1CN(Cc2cccc(-c3ccnc(NCCc4ccc(O)cc4)n3)c2)CCN1. The maximum atomic E-state index is 9.38. The highest BCUT2D eigenvalue weighted by atomic mass is 16.3. The molecule has 0 radical (unpaired) electrons. The van der Waals surface area contributed by atoms with Gasteiger partial charge < -0.3 is 15.7 Å². The third-order valence-electron chi connectivity index (χ3n) is 5.37. The van der Waals surface area contributed by atoms with Crippen molar-refractivity contribution < 1.29 is 5.11 Å². The average Bonchev–Trinajstić information content (AvgIpc) is 2.76. The van der Waals surface area contributed by atoms with E-state index in [-0.39, 0.29) is 5.75 Å². The van der Waals surface area contributed by atoms with Gasteiger partial charge in [-0.05, 0) is 48.7 Å². The minimum Gasteiger partial charge on any atom is -0.508 e. The first-order valence-corrected chi connectivity index (χ1v) is 10.6. The van der Waals surface area contributed by atoms with Crippen molar-refractivity contribution in [3.8, 4) is 17.0 Å². The van der Waals surface area contributed by atoms with Crippen molar-refractivity contribution in [2.45, 2.75) is 25.9 Å². The summed E-state index contributed by atoms with van der Waals surface area (Å²) in [7, 11) is 0. The summed E-state index contributed by atoms with van der Waals surface area (Å²) in [4.78, 5) is 11.6. The summed E-state index contributed by atoms with van der Waals surface area (Å²) in [5, 5.41) is 16.2. The second-order valence-electron chi connectivity index (χ2n) is 7.90. The van der Waals surface area contributed by atoms with Crippen LogP contribution in [0.3, 0.4) is 0 Å². The van der Waals surface area contributed by atoms with Gasteiger partial charge in [0, 0.05) is 50.5 Å². The molecule has 1 saturated heterocycles. The van der Waals surface area contributed by atoms with E-state index in [1.54, 1.807) is 18.3 Å². The minimum absolute atomic E-state index is 0.288. The van der Waals surface area contributed by atoms with E-state index in [1.165, 1.54) is 5.56 Å². The van der Waals surface area contributed by atoms with Crippen molar-refractivity contribution >= 4 is 5.95 Å². The van der Waals surface area contributed by atoms with Gasteiger partial charge >= 0.3 is 0 Å². The zero-order valence-electron chi connectivity index (χ0n) is 17.4. The van der Waals surface area contributed by atoms with Crippen LogP contribution >= 0.6 is 0 Å². The molecule has 2 aromatic carbocycles. The smallest absolute Gasteiger partial charge is 0.223 e. The molecule has 1 aliphatic rings. The van der Waals surface area contributed by atoms with Gasteiger partial charge in [0.1, 0.15) is 5.75 Å². The van der Waals surface area contributed by atoms with E-state index in [0.29, 0.717) is 12.0 Å². The average molecular weight is 404 g/mol. The quantitative estimate of drug-likeness (QED) is 0.562. The van der Waals surface area contributed by atoms with Gasteiger partial charge in [0.25, 0.3) is 0 Å². The molecule has 1 atom stereocenters. The molecule has 156 valence electrons. The van der Waals surface area contributed by atoms with Crippen molar-refractivity contribution in [3.05, 3.63) is 71.9 Å². The van der Waals surface area contributed by atoms with Crippen molar-refractivity contribution in [1.29, 1.82) is 0 Å². The number of piperazine rings is 1. The van der Waals surface area contributed by atoms with Crippen LogP contribution in [-0.2, 0) is 13.0 Å². The second-order valence-corrected chi connectivity index (χ2v) is 7.90. The molecule has 6 nitrogen and oxygen atoms in total. The molecule has 6 heteroatoms. The third kappa shape index (κ3) is 5.55. The maximum Gasteiger partial charge on any atom is 0.223 e. The molecule has 0 saturated carbocycles. The summed E-state index contributed by atoms with van der Waals surface area (Å²) in [6.07, 6.45) is 2.64. The van der Waals surface area contributed by atoms with Gasteiger partial charge in [0.15, 0.2) is 0 Å². The van der Waals surface area contributed by atoms with Gasteiger partial charge in [0.05, 0.1) is 5.69 Å². The lowest BCUT2D eigenvalue weighted by atomic mass is 10.1. The maximum absolute atomic E-state index is 9.38. The van der Waals surface area contributed by atoms with E-state index in [4.69, 9.17) is 4.98 Å². The monoisotopic (exact) mass is 403 g/mol. The number of phenolic OH excluding ortho intramolecular Hbond substituents is 1. The van der Waals surface area contributed by atoms with Crippen LogP contribution in [0.5, 0.6) is 5.75 Å². The van der Waals surface area contributed by atoms with Crippen LogP contribution in [0.1, 0.15) is 18.1 Å². The number of rotatable bonds is 7. The normalized spacial score (nSPS) is 17.0. The number of phenols is 1. The Labute approximate surface area is 178 Å². The summed E-state index contributed by atoms with van der Waals surface area (Å²) in [5.41, 5.74) is 4.50. The summed E-state index contributed by atoms with van der Waals surface area (Å²) in [6, 6.07) is 18.4. The molecular weight excluding hydrogens is 374 g/mol. The molecule has 1 aliphatic heterocycles. The highest BCUT2D eigenvalue weighted by molar-refractivity contribution is 5.60. The van der Waals surface area contributed by atoms with Gasteiger partial charge in [-0.3, -0.25) is 4.90 Å². The highest BCUT2D eigenvalue weighted by Gasteiger charge is 2.15. The lowest BCUT2D eigenvalue weighted by molar-refractivity contribution is 0.199. The Balaban J connectivity index is 1.38. The van der Waals surface area contributed by atoms with Crippen molar-refractivity contribution in [2.75, 3.05) is 31.5 Å². The molecule has 2 heterocycles. The topological polar surface area (TPSA) is 73.3 Å². The van der Waals surface area contributed by atoms with Gasteiger partial charge in [0.2, 0.25) is 5.95 Å². The summed E-state index contributed by atoms with van der Waals surface area (Å²) in [5.74, 6) is 0.920. The lowest BCUT2D eigenvalue weighted by Crippen LogP contribution is -2.48. The predicted molar refractivity (Wildman–Crippen MR) is 121 cm³/mol. The Morgan fingerprint density at radius 3 is 2.83 bits per heavy atom. The summed E-state index contributed by atoms with van der Waals surface area (Å²) >= 11 is 0. The number of nitrogens with zero attached hydrogens (tertiary/aromatic N) is 3. The van der Waals surface area contributed by atoms with Crippen molar-refractivity contribution in [3.63, 3.8) is 0 Å². The van der Waals surface area contributed by atoms with Crippen LogP contribution in [0.2, 0.25) is 0 Å². The van der Waals surface area contributed by atoms with E-state index in [0.717, 1.165) is 56.0 Å². The number of aromatic nitrogens is 2. The number of hydrogen-bond donors (Lipinski definition) is 3.